The highest BCUT2D eigenvalue weighted by atomic mass is 35.5. The van der Waals surface area contributed by atoms with Crippen LogP contribution >= 0.6 is 23.2 Å². The first-order valence-corrected chi connectivity index (χ1v) is 8.10. The van der Waals surface area contributed by atoms with Gasteiger partial charge in [0.15, 0.2) is 0 Å². The lowest BCUT2D eigenvalue weighted by atomic mass is 10.2. The molecule has 0 fully saturated rings. The van der Waals surface area contributed by atoms with Gasteiger partial charge in [0.2, 0.25) is 10.0 Å². The summed E-state index contributed by atoms with van der Waals surface area (Å²) in [5.41, 5.74) is -0.631. The van der Waals surface area contributed by atoms with Crippen molar-refractivity contribution in [1.29, 1.82) is 0 Å². The zero-order chi connectivity index (χ0) is 16.0. The molecular weight excluding hydrogens is 339 g/mol. The van der Waals surface area contributed by atoms with Crippen molar-refractivity contribution in [3.63, 3.8) is 0 Å². The average molecular weight is 351 g/mol. The maximum absolute atomic E-state index is 12.1. The van der Waals surface area contributed by atoms with E-state index >= 15 is 0 Å². The molecule has 0 unspecified atom stereocenters. The highest BCUT2D eigenvalue weighted by molar-refractivity contribution is 7.89. The third-order valence-electron chi connectivity index (χ3n) is 2.54. The predicted octanol–water partition coefficient (Wildman–Crippen LogP) is 2.98. The fourth-order valence-electron chi connectivity index (χ4n) is 1.53. The van der Waals surface area contributed by atoms with E-state index in [2.05, 4.69) is 10.6 Å². The van der Waals surface area contributed by atoms with Crippen LogP contribution in [0.15, 0.2) is 17.0 Å². The molecular formula is C12H12Cl2N2O4S. The molecule has 0 radical (unpaired) electrons. The van der Waals surface area contributed by atoms with Crippen LogP contribution in [0, 0.1) is 22.5 Å². The molecule has 9 heteroatoms. The summed E-state index contributed by atoms with van der Waals surface area (Å²) < 4.78 is 26.5. The second-order valence-corrected chi connectivity index (χ2v) is 6.54. The van der Waals surface area contributed by atoms with E-state index in [0.717, 1.165) is 12.1 Å². The Hall–Kier alpha value is -1.33. The molecule has 0 heterocycles. The van der Waals surface area contributed by atoms with E-state index in [1.807, 2.05) is 0 Å². The normalized spacial score (nSPS) is 11.1. The van der Waals surface area contributed by atoms with Gasteiger partial charge in [-0.15, -0.1) is 12.3 Å². The molecule has 0 saturated heterocycles. The van der Waals surface area contributed by atoms with Crippen molar-refractivity contribution in [2.75, 3.05) is 6.54 Å². The summed E-state index contributed by atoms with van der Waals surface area (Å²) in [6.45, 7) is 0.163. The highest BCUT2D eigenvalue weighted by Crippen LogP contribution is 2.36. The minimum Gasteiger partial charge on any atom is -0.258 e. The van der Waals surface area contributed by atoms with E-state index in [0.29, 0.717) is 19.3 Å². The van der Waals surface area contributed by atoms with Gasteiger partial charge in [0.1, 0.15) is 14.9 Å². The Balaban J connectivity index is 2.97. The topological polar surface area (TPSA) is 89.3 Å². The van der Waals surface area contributed by atoms with Crippen molar-refractivity contribution < 1.29 is 13.3 Å². The zero-order valence-corrected chi connectivity index (χ0v) is 13.1. The minimum absolute atomic E-state index is 0.163. The number of hydrogen-bond donors (Lipinski definition) is 1. The maximum Gasteiger partial charge on any atom is 0.307 e. The van der Waals surface area contributed by atoms with Gasteiger partial charge < -0.3 is 0 Å². The largest absolute Gasteiger partial charge is 0.307 e. The molecule has 0 bridgehead atoms. The smallest absolute Gasteiger partial charge is 0.258 e. The summed E-state index contributed by atoms with van der Waals surface area (Å²) in [7, 11) is -3.95. The van der Waals surface area contributed by atoms with Gasteiger partial charge in [-0.1, -0.05) is 23.2 Å². The highest BCUT2D eigenvalue weighted by Gasteiger charge is 2.27. The van der Waals surface area contributed by atoms with E-state index in [-0.39, 0.29) is 16.5 Å². The average Bonchev–Trinajstić information content (AvgIpc) is 2.37. The number of unbranched alkanes of at least 4 members (excludes halogenated alkanes) is 2. The van der Waals surface area contributed by atoms with Crippen molar-refractivity contribution in [2.45, 2.75) is 24.2 Å². The first-order valence-electron chi connectivity index (χ1n) is 5.86. The first-order chi connectivity index (χ1) is 9.81. The molecule has 1 aromatic carbocycles. The Morgan fingerprint density at radius 3 is 2.57 bits per heavy atom. The van der Waals surface area contributed by atoms with E-state index in [4.69, 9.17) is 29.6 Å². The zero-order valence-electron chi connectivity index (χ0n) is 10.8. The van der Waals surface area contributed by atoms with Crippen molar-refractivity contribution in [1.82, 2.24) is 4.72 Å². The summed E-state index contributed by atoms with van der Waals surface area (Å²) in [6, 6.07) is 2.25. The minimum atomic E-state index is -3.95. The van der Waals surface area contributed by atoms with E-state index in [9.17, 15) is 18.5 Å². The van der Waals surface area contributed by atoms with Gasteiger partial charge in [0.05, 0.1) is 4.92 Å². The SMILES string of the molecule is C#CCCCCNS(=O)(=O)c1ccc(Cl)c([N+](=O)[O-])c1Cl. The van der Waals surface area contributed by atoms with E-state index in [1.54, 1.807) is 0 Å². The van der Waals surface area contributed by atoms with Gasteiger partial charge in [-0.05, 0) is 25.0 Å². The van der Waals surface area contributed by atoms with Gasteiger partial charge in [-0.2, -0.15) is 0 Å². The van der Waals surface area contributed by atoms with Crippen molar-refractivity contribution in [2.24, 2.45) is 0 Å². The lowest BCUT2D eigenvalue weighted by Crippen LogP contribution is -2.25. The molecule has 1 N–H and O–H groups in total. The molecule has 0 aromatic heterocycles. The van der Waals surface area contributed by atoms with Crippen molar-refractivity contribution >= 4 is 38.9 Å². The van der Waals surface area contributed by atoms with Gasteiger partial charge in [0, 0.05) is 13.0 Å². The van der Waals surface area contributed by atoms with Crippen LogP contribution in [0.3, 0.4) is 0 Å². The Morgan fingerprint density at radius 1 is 1.33 bits per heavy atom. The fourth-order valence-corrected chi connectivity index (χ4v) is 3.50. The van der Waals surface area contributed by atoms with Crippen LogP contribution in [-0.2, 0) is 10.0 Å². The number of rotatable bonds is 7. The van der Waals surface area contributed by atoms with Gasteiger partial charge in [0.25, 0.3) is 0 Å². The van der Waals surface area contributed by atoms with Crippen LogP contribution in [0.25, 0.3) is 0 Å². The van der Waals surface area contributed by atoms with Crippen LogP contribution in [-0.4, -0.2) is 19.9 Å². The number of hydrogen-bond acceptors (Lipinski definition) is 4. The Kier molecular flexibility index (Phi) is 6.42. The molecule has 6 nitrogen and oxygen atoms in total. The number of sulfonamides is 1. The molecule has 0 atom stereocenters. The Morgan fingerprint density at radius 2 is 2.00 bits per heavy atom. The third kappa shape index (κ3) is 4.58. The number of nitrogens with one attached hydrogen (secondary N) is 1. The lowest BCUT2D eigenvalue weighted by molar-refractivity contribution is -0.384. The number of halogens is 2. The van der Waals surface area contributed by atoms with Gasteiger partial charge in [-0.25, -0.2) is 13.1 Å². The maximum atomic E-state index is 12.1. The van der Waals surface area contributed by atoms with E-state index < -0.39 is 25.7 Å². The Labute approximate surface area is 132 Å². The summed E-state index contributed by atoms with van der Waals surface area (Å²) in [5.74, 6) is 2.44. The summed E-state index contributed by atoms with van der Waals surface area (Å²) >= 11 is 11.4. The third-order valence-corrected chi connectivity index (χ3v) is 4.85. The number of benzene rings is 1. The van der Waals surface area contributed by atoms with Gasteiger partial charge in [-0.3, -0.25) is 10.1 Å². The van der Waals surface area contributed by atoms with Crippen LogP contribution in [0.1, 0.15) is 19.3 Å². The van der Waals surface area contributed by atoms with Crippen molar-refractivity contribution in [3.8, 4) is 12.3 Å². The molecule has 0 saturated carbocycles. The quantitative estimate of drug-likeness (QED) is 0.354. The number of terminal acetylenes is 1. The summed E-state index contributed by atoms with van der Waals surface area (Å²) in [4.78, 5) is 9.66. The van der Waals surface area contributed by atoms with Gasteiger partial charge >= 0.3 is 5.69 Å². The molecule has 21 heavy (non-hydrogen) atoms. The summed E-state index contributed by atoms with van der Waals surface area (Å²) in [5, 5.41) is 10.1. The lowest BCUT2D eigenvalue weighted by Gasteiger charge is -2.08. The van der Waals surface area contributed by atoms with E-state index in [1.165, 1.54) is 0 Å². The van der Waals surface area contributed by atoms with Crippen LogP contribution in [0.2, 0.25) is 10.0 Å². The fraction of sp³-hybridized carbons (Fsp3) is 0.333. The molecule has 1 rings (SSSR count). The molecule has 0 aliphatic carbocycles. The predicted molar refractivity (Wildman–Crippen MR) is 81.0 cm³/mol. The number of nitro benzene ring substituents is 1. The monoisotopic (exact) mass is 350 g/mol. The molecule has 114 valence electrons. The molecule has 0 aliphatic rings. The molecule has 0 amide bonds. The number of nitro groups is 1. The van der Waals surface area contributed by atoms with Crippen LogP contribution in [0.4, 0.5) is 5.69 Å². The molecule has 1 aromatic rings. The summed E-state index contributed by atoms with van der Waals surface area (Å²) in [6.07, 6.45) is 6.86. The van der Waals surface area contributed by atoms with Crippen LogP contribution in [0.5, 0.6) is 0 Å². The number of nitrogens with zero attached hydrogens (tertiary/aromatic N) is 1. The second kappa shape index (κ2) is 7.61. The van der Waals surface area contributed by atoms with Crippen LogP contribution < -0.4 is 4.72 Å². The second-order valence-electron chi connectivity index (χ2n) is 4.02. The molecule has 0 aliphatic heterocycles. The standard InChI is InChI=1S/C12H12Cl2N2O4S/c1-2-3-4-5-8-15-21(19,20)10-7-6-9(13)12(11(10)14)16(17)18/h1,6-7,15H,3-5,8H2. The van der Waals surface area contributed by atoms with Crippen molar-refractivity contribution in [3.05, 3.63) is 32.3 Å². The Bertz CT molecular complexity index is 683. The first kappa shape index (κ1) is 17.7. The molecule has 0 spiro atoms.